The number of fused-ring (bicyclic) bond motifs is 2. The van der Waals surface area contributed by atoms with Gasteiger partial charge in [-0.05, 0) is 24.2 Å². The van der Waals surface area contributed by atoms with Crippen LogP contribution in [0.1, 0.15) is 20.3 Å². The lowest BCUT2D eigenvalue weighted by atomic mass is 9.75. The van der Waals surface area contributed by atoms with Crippen LogP contribution in [0.2, 0.25) is 0 Å². The second-order valence-corrected chi connectivity index (χ2v) is 5.72. The average molecular weight is 252 g/mol. The third-order valence-corrected chi connectivity index (χ3v) is 4.24. The molecule has 0 aromatic heterocycles. The molecule has 5 atom stereocenters. The van der Waals surface area contributed by atoms with Gasteiger partial charge in [-0.25, -0.2) is 0 Å². The first-order valence-electron chi connectivity index (χ1n) is 6.51. The van der Waals surface area contributed by atoms with E-state index in [2.05, 4.69) is 0 Å². The van der Waals surface area contributed by atoms with Gasteiger partial charge in [-0.15, -0.1) is 0 Å². The lowest BCUT2D eigenvalue weighted by Gasteiger charge is -2.28. The van der Waals surface area contributed by atoms with Crippen molar-refractivity contribution in [2.45, 2.75) is 26.4 Å². The van der Waals surface area contributed by atoms with Crippen LogP contribution in [0.4, 0.5) is 0 Å². The van der Waals surface area contributed by atoms with Gasteiger partial charge in [-0.3, -0.25) is 9.59 Å². The fourth-order valence-corrected chi connectivity index (χ4v) is 3.28. The van der Waals surface area contributed by atoms with Crippen molar-refractivity contribution in [2.24, 2.45) is 29.6 Å². The molecule has 2 bridgehead atoms. The lowest BCUT2D eigenvalue weighted by molar-refractivity contribution is -0.140. The van der Waals surface area contributed by atoms with Crippen LogP contribution in [0.5, 0.6) is 0 Å². The van der Waals surface area contributed by atoms with Crippen molar-refractivity contribution in [3.63, 3.8) is 0 Å². The van der Waals surface area contributed by atoms with E-state index < -0.39 is 24.5 Å². The molecule has 2 aliphatic rings. The van der Waals surface area contributed by atoms with E-state index in [4.69, 9.17) is 5.11 Å². The Morgan fingerprint density at radius 3 is 2.28 bits per heavy atom. The number of hydrogen-bond donors (Lipinski definition) is 2. The Bertz CT molecular complexity index is 385. The summed E-state index contributed by atoms with van der Waals surface area (Å²) in [6, 6.07) is 0. The van der Waals surface area contributed by atoms with Crippen LogP contribution < -0.4 is 0 Å². The second-order valence-electron chi connectivity index (χ2n) is 5.72. The molecular formula is C14H20O4. The standard InChI is InChI=1S/C14H20O4/c1-7(2)13(17)14(18)12-9-4-3-8(5-9)11(12)10(16)6-15/h3-4,7-9,11-13,15,17H,5-6H2,1-2H3/t8-,9+,11-,12+,13+/m0/s1. The third-order valence-electron chi connectivity index (χ3n) is 4.24. The zero-order valence-corrected chi connectivity index (χ0v) is 10.7. The normalized spacial score (nSPS) is 35.2. The van der Waals surface area contributed by atoms with Crippen LogP contribution in [0.25, 0.3) is 0 Å². The predicted octanol–water partition coefficient (Wildman–Crippen LogP) is 0.572. The first kappa shape index (κ1) is 13.4. The van der Waals surface area contributed by atoms with E-state index in [0.29, 0.717) is 0 Å². The molecule has 2 rings (SSSR count). The van der Waals surface area contributed by atoms with E-state index in [1.807, 2.05) is 12.2 Å². The summed E-state index contributed by atoms with van der Waals surface area (Å²) in [5.74, 6) is -1.44. The van der Waals surface area contributed by atoms with Crippen LogP contribution in [0.3, 0.4) is 0 Å². The van der Waals surface area contributed by atoms with Gasteiger partial charge in [0.1, 0.15) is 12.7 Å². The molecular weight excluding hydrogens is 232 g/mol. The largest absolute Gasteiger partial charge is 0.389 e. The molecule has 0 unspecified atom stereocenters. The highest BCUT2D eigenvalue weighted by atomic mass is 16.3. The van der Waals surface area contributed by atoms with Crippen LogP contribution in [0, 0.1) is 29.6 Å². The summed E-state index contributed by atoms with van der Waals surface area (Å²) < 4.78 is 0. The van der Waals surface area contributed by atoms with Crippen molar-refractivity contribution in [1.29, 1.82) is 0 Å². The molecule has 100 valence electrons. The van der Waals surface area contributed by atoms with Gasteiger partial charge in [0.05, 0.1) is 0 Å². The summed E-state index contributed by atoms with van der Waals surface area (Å²) in [4.78, 5) is 24.1. The lowest BCUT2D eigenvalue weighted by Crippen LogP contribution is -2.41. The smallest absolute Gasteiger partial charge is 0.165 e. The Labute approximate surface area is 107 Å². The first-order chi connectivity index (χ1) is 8.47. The maximum absolute atomic E-state index is 12.3. The summed E-state index contributed by atoms with van der Waals surface area (Å²) in [7, 11) is 0. The van der Waals surface area contributed by atoms with E-state index >= 15 is 0 Å². The quantitative estimate of drug-likeness (QED) is 0.702. The van der Waals surface area contributed by atoms with Crippen LogP contribution in [-0.4, -0.2) is 34.5 Å². The number of Topliss-reactive ketones (excluding diaryl/α,β-unsaturated/α-hetero) is 2. The minimum absolute atomic E-state index is 0.0522. The number of allylic oxidation sites excluding steroid dienone is 2. The molecule has 0 amide bonds. The summed E-state index contributed by atoms with van der Waals surface area (Å²) in [6.45, 7) is 3.05. The molecule has 4 nitrogen and oxygen atoms in total. The predicted molar refractivity (Wildman–Crippen MR) is 65.7 cm³/mol. The Hall–Kier alpha value is -1.00. The minimum Gasteiger partial charge on any atom is -0.389 e. The van der Waals surface area contributed by atoms with Gasteiger partial charge in [0.15, 0.2) is 11.6 Å². The van der Waals surface area contributed by atoms with Crippen molar-refractivity contribution in [3.8, 4) is 0 Å². The maximum Gasteiger partial charge on any atom is 0.165 e. The summed E-state index contributed by atoms with van der Waals surface area (Å²) in [5.41, 5.74) is 0. The number of hydrogen-bond acceptors (Lipinski definition) is 4. The highest BCUT2D eigenvalue weighted by Crippen LogP contribution is 2.49. The fourth-order valence-electron chi connectivity index (χ4n) is 3.28. The molecule has 4 heteroatoms. The zero-order chi connectivity index (χ0) is 13.4. The molecule has 0 radical (unpaired) electrons. The van der Waals surface area contributed by atoms with E-state index in [-0.39, 0.29) is 29.3 Å². The molecule has 0 aliphatic heterocycles. The van der Waals surface area contributed by atoms with Crippen molar-refractivity contribution < 1.29 is 19.8 Å². The Morgan fingerprint density at radius 1 is 1.22 bits per heavy atom. The first-order valence-corrected chi connectivity index (χ1v) is 6.51. The monoisotopic (exact) mass is 252 g/mol. The molecule has 18 heavy (non-hydrogen) atoms. The van der Waals surface area contributed by atoms with Crippen LogP contribution >= 0.6 is 0 Å². The fraction of sp³-hybridized carbons (Fsp3) is 0.714. The number of ketones is 2. The summed E-state index contributed by atoms with van der Waals surface area (Å²) >= 11 is 0. The van der Waals surface area contributed by atoms with Gasteiger partial charge in [-0.2, -0.15) is 0 Å². The zero-order valence-electron chi connectivity index (χ0n) is 10.7. The number of carbonyl (C=O) groups is 2. The van der Waals surface area contributed by atoms with Gasteiger partial charge >= 0.3 is 0 Å². The van der Waals surface area contributed by atoms with E-state index in [1.165, 1.54) is 0 Å². The Kier molecular flexibility index (Phi) is 3.69. The van der Waals surface area contributed by atoms with Crippen molar-refractivity contribution in [2.75, 3.05) is 6.61 Å². The van der Waals surface area contributed by atoms with Crippen molar-refractivity contribution in [3.05, 3.63) is 12.2 Å². The molecule has 0 spiro atoms. The highest BCUT2D eigenvalue weighted by Gasteiger charge is 2.51. The number of aliphatic hydroxyl groups excluding tert-OH is 2. The number of rotatable bonds is 5. The molecule has 0 saturated heterocycles. The molecule has 1 fully saturated rings. The molecule has 2 N–H and O–H groups in total. The van der Waals surface area contributed by atoms with Gasteiger partial charge in [0, 0.05) is 11.8 Å². The second kappa shape index (κ2) is 4.94. The minimum atomic E-state index is -1.02. The van der Waals surface area contributed by atoms with Crippen molar-refractivity contribution in [1.82, 2.24) is 0 Å². The third kappa shape index (κ3) is 2.04. The number of aliphatic hydroxyl groups is 2. The summed E-state index contributed by atoms with van der Waals surface area (Å²) in [6.07, 6.45) is 3.71. The van der Waals surface area contributed by atoms with Crippen molar-refractivity contribution >= 4 is 11.6 Å². The van der Waals surface area contributed by atoms with E-state index in [1.54, 1.807) is 13.8 Å². The average Bonchev–Trinajstić information content (AvgIpc) is 2.95. The molecule has 1 saturated carbocycles. The molecule has 0 heterocycles. The number of carbonyl (C=O) groups excluding carboxylic acids is 2. The van der Waals surface area contributed by atoms with Crippen LogP contribution in [0.15, 0.2) is 12.2 Å². The Morgan fingerprint density at radius 2 is 1.78 bits per heavy atom. The molecule has 0 aromatic carbocycles. The highest BCUT2D eigenvalue weighted by molar-refractivity contribution is 5.94. The van der Waals surface area contributed by atoms with Gasteiger partial charge in [-0.1, -0.05) is 26.0 Å². The molecule has 2 aliphatic carbocycles. The Balaban J connectivity index is 2.22. The topological polar surface area (TPSA) is 74.6 Å². The van der Waals surface area contributed by atoms with Gasteiger partial charge in [0.25, 0.3) is 0 Å². The van der Waals surface area contributed by atoms with Crippen LogP contribution in [-0.2, 0) is 9.59 Å². The molecule has 0 aromatic rings. The maximum atomic E-state index is 12.3. The van der Waals surface area contributed by atoms with E-state index in [9.17, 15) is 14.7 Å². The van der Waals surface area contributed by atoms with Gasteiger partial charge < -0.3 is 10.2 Å². The van der Waals surface area contributed by atoms with Gasteiger partial charge in [0.2, 0.25) is 0 Å². The van der Waals surface area contributed by atoms with E-state index in [0.717, 1.165) is 6.42 Å². The SMILES string of the molecule is CC(C)[C@@H](O)C(=O)[C@H]1[C@H](C(=O)CO)[C@H]2C=C[C@@H]1C2. The summed E-state index contributed by atoms with van der Waals surface area (Å²) in [5, 5.41) is 18.9.